The molecular weight excluding hydrogens is 1130 g/mol. The van der Waals surface area contributed by atoms with Gasteiger partial charge in [0.15, 0.2) is 11.5 Å². The SMILES string of the molecule is COc1cc(-c2ccc(N=Nc3c(S(=O)(=O)O)cc4cc(S(=O)(=O)O)cc(NS(=O)(=O)c5ccc(C)cc5)c4c3O)c(OC)c2)ccc1N=Nc1c(S(=O)(=O)O)cc2c(N=Nc3ccc([N+](=O)[O-])cc3C(=O)O)c(N)ccc2c1O. The Balaban J connectivity index is 1.14. The van der Waals surface area contributed by atoms with E-state index in [0.717, 1.165) is 24.3 Å². The number of hydrogen-bond donors (Lipinski definition) is 8. The largest absolute Gasteiger partial charge is 0.505 e. The van der Waals surface area contributed by atoms with Crippen LogP contribution in [0, 0.1) is 17.0 Å². The number of fused-ring (bicyclic) bond motifs is 2. The summed E-state index contributed by atoms with van der Waals surface area (Å²) in [7, 11) is -17.7. The number of carboxylic acid groups (broad SMARTS) is 1. The number of carbonyl (C=O) groups is 1. The average Bonchev–Trinajstić information content (AvgIpc) is 3.47. The number of nitrogens with one attached hydrogen (secondary N) is 1. The van der Waals surface area contributed by atoms with Crippen LogP contribution in [-0.4, -0.2) is 87.8 Å². The number of aryl methyl sites for hydroxylation is 1. The van der Waals surface area contributed by atoms with Crippen LogP contribution in [0.3, 0.4) is 0 Å². The zero-order valence-corrected chi connectivity index (χ0v) is 44.1. The van der Waals surface area contributed by atoms with Gasteiger partial charge in [0, 0.05) is 22.9 Å². The number of aromatic hydroxyl groups is 2. The molecule has 8 aromatic carbocycles. The molecule has 8 aromatic rings. The Labute approximate surface area is 451 Å². The second-order valence-electron chi connectivity index (χ2n) is 16.8. The number of anilines is 2. The van der Waals surface area contributed by atoms with Crippen molar-refractivity contribution in [2.24, 2.45) is 30.7 Å². The molecule has 8 rings (SSSR count). The number of azo groups is 3. The number of nitro benzene ring substituents is 1. The maximum absolute atomic E-state index is 13.5. The van der Waals surface area contributed by atoms with E-state index >= 15 is 0 Å². The van der Waals surface area contributed by atoms with Gasteiger partial charge in [-0.25, -0.2) is 13.2 Å². The van der Waals surface area contributed by atoms with Crippen LogP contribution in [0.15, 0.2) is 166 Å². The Hall–Kier alpha value is -9.57. The summed E-state index contributed by atoms with van der Waals surface area (Å²) in [6.45, 7) is 1.69. The van der Waals surface area contributed by atoms with Gasteiger partial charge in [0.2, 0.25) is 0 Å². The Bertz CT molecular complexity index is 4520. The summed E-state index contributed by atoms with van der Waals surface area (Å²) < 4.78 is 146. The molecule has 0 heterocycles. The minimum Gasteiger partial charge on any atom is -0.505 e. The van der Waals surface area contributed by atoms with Crippen molar-refractivity contribution >= 4 is 119 Å². The summed E-state index contributed by atoms with van der Waals surface area (Å²) in [6, 6.07) is 22.1. The predicted octanol–water partition coefficient (Wildman–Crippen LogP) is 10.4. The highest BCUT2D eigenvalue weighted by Crippen LogP contribution is 2.49. The molecule has 0 fully saturated rings. The summed E-state index contributed by atoms with van der Waals surface area (Å²) in [4.78, 5) is 19.0. The van der Waals surface area contributed by atoms with E-state index in [1.54, 1.807) is 6.92 Å². The van der Waals surface area contributed by atoms with E-state index in [1.165, 1.54) is 87.0 Å². The van der Waals surface area contributed by atoms with Crippen molar-refractivity contribution in [1.29, 1.82) is 0 Å². The first kappa shape index (κ1) is 56.6. The number of sulfonamides is 1. The zero-order valence-electron chi connectivity index (χ0n) is 40.8. The first-order valence-electron chi connectivity index (χ1n) is 22.1. The topological polar surface area (TPSA) is 449 Å². The molecule has 9 N–H and O–H groups in total. The molecule has 0 aromatic heterocycles. The molecule has 0 radical (unpaired) electrons. The van der Waals surface area contributed by atoms with Gasteiger partial charge >= 0.3 is 5.97 Å². The highest BCUT2D eigenvalue weighted by Gasteiger charge is 2.29. The molecule has 0 spiro atoms. The highest BCUT2D eigenvalue weighted by molar-refractivity contribution is 7.92. The number of nitrogens with two attached hydrogens (primary N) is 1. The Morgan fingerprint density at radius 2 is 1.11 bits per heavy atom. The molecule has 0 atom stereocenters. The third-order valence-corrected chi connectivity index (χ3v) is 15.6. The van der Waals surface area contributed by atoms with Gasteiger partial charge in [-0.15, -0.1) is 30.7 Å². The van der Waals surface area contributed by atoms with Gasteiger partial charge in [-0.2, -0.15) is 25.3 Å². The number of rotatable bonds is 17. The first-order valence-corrected chi connectivity index (χ1v) is 27.9. The van der Waals surface area contributed by atoms with Crippen LogP contribution in [0.1, 0.15) is 15.9 Å². The maximum Gasteiger partial charge on any atom is 0.338 e. The molecular formula is C48H37N9O19S4. The van der Waals surface area contributed by atoms with E-state index in [0.29, 0.717) is 34.9 Å². The summed E-state index contributed by atoms with van der Waals surface area (Å²) in [5, 5.41) is 66.4. The summed E-state index contributed by atoms with van der Waals surface area (Å²) >= 11 is 0. The molecule has 28 nitrogen and oxygen atoms in total. The van der Waals surface area contributed by atoms with Gasteiger partial charge in [0.25, 0.3) is 46.1 Å². The van der Waals surface area contributed by atoms with Gasteiger partial charge in [-0.1, -0.05) is 29.8 Å². The summed E-state index contributed by atoms with van der Waals surface area (Å²) in [5.41, 5.74) is 3.13. The smallest absolute Gasteiger partial charge is 0.338 e. The quantitative estimate of drug-likeness (QED) is 0.0138. The van der Waals surface area contributed by atoms with Gasteiger partial charge in [0.05, 0.1) is 51.3 Å². The molecule has 32 heteroatoms. The molecule has 0 aliphatic heterocycles. The van der Waals surface area contributed by atoms with E-state index in [2.05, 4.69) is 35.4 Å². The number of nitrogens with zero attached hydrogens (tertiary/aromatic N) is 7. The Morgan fingerprint density at radius 1 is 0.588 bits per heavy atom. The number of ether oxygens (including phenoxy) is 2. The first-order chi connectivity index (χ1) is 37.5. The third-order valence-electron chi connectivity index (χ3n) is 11.7. The molecule has 0 amide bonds. The normalized spacial score (nSPS) is 12.5. The fraction of sp³-hybridized carbons (Fsp3) is 0.0625. The van der Waals surface area contributed by atoms with Crippen LogP contribution in [0.5, 0.6) is 23.0 Å². The number of nitrogen functional groups attached to an aromatic ring is 1. The van der Waals surface area contributed by atoms with E-state index in [9.17, 15) is 77.6 Å². The fourth-order valence-electron chi connectivity index (χ4n) is 7.82. The molecule has 0 unspecified atom stereocenters. The molecule has 0 saturated heterocycles. The van der Waals surface area contributed by atoms with E-state index < -0.39 is 117 Å². The van der Waals surface area contributed by atoms with Crippen molar-refractivity contribution in [3.8, 4) is 34.1 Å². The van der Waals surface area contributed by atoms with Crippen molar-refractivity contribution in [2.45, 2.75) is 26.5 Å². The number of nitro groups is 1. The highest BCUT2D eigenvalue weighted by atomic mass is 32.2. The van der Waals surface area contributed by atoms with Gasteiger partial charge < -0.3 is 30.5 Å². The summed E-state index contributed by atoms with van der Waals surface area (Å²) in [6.07, 6.45) is 0. The van der Waals surface area contributed by atoms with Crippen LogP contribution in [-0.2, 0) is 40.4 Å². The molecule has 0 bridgehead atoms. The van der Waals surface area contributed by atoms with Crippen molar-refractivity contribution in [3.05, 3.63) is 137 Å². The lowest BCUT2D eigenvalue weighted by molar-refractivity contribution is -0.384. The number of phenols is 2. The lowest BCUT2D eigenvalue weighted by Crippen LogP contribution is -2.14. The van der Waals surface area contributed by atoms with E-state index in [1.807, 2.05) is 0 Å². The number of hydrogen-bond acceptors (Lipinski definition) is 22. The van der Waals surface area contributed by atoms with Crippen LogP contribution in [0.4, 0.5) is 51.2 Å². The average molecular weight is 1170 g/mol. The summed E-state index contributed by atoms with van der Waals surface area (Å²) in [5.74, 6) is -3.55. The minimum absolute atomic E-state index is 0.0128. The molecule has 0 saturated carbocycles. The number of aromatic carboxylic acids is 1. The second kappa shape index (κ2) is 21.3. The molecule has 0 aliphatic rings. The van der Waals surface area contributed by atoms with Crippen LogP contribution >= 0.6 is 0 Å². The minimum atomic E-state index is -5.33. The lowest BCUT2D eigenvalue weighted by Gasteiger charge is -2.16. The van der Waals surface area contributed by atoms with Crippen molar-refractivity contribution in [3.63, 3.8) is 0 Å². The Kier molecular flexibility index (Phi) is 15.1. The van der Waals surface area contributed by atoms with E-state index in [4.69, 9.17) is 15.2 Å². The molecule has 0 aliphatic carbocycles. The zero-order chi connectivity index (χ0) is 58.4. The number of carboxylic acids is 1. The van der Waals surface area contributed by atoms with E-state index in [-0.39, 0.29) is 55.6 Å². The molecule has 80 heavy (non-hydrogen) atoms. The van der Waals surface area contributed by atoms with Crippen molar-refractivity contribution < 1.29 is 81.8 Å². The van der Waals surface area contributed by atoms with Crippen molar-refractivity contribution in [1.82, 2.24) is 0 Å². The number of phenolic OH excluding ortho intramolecular Hbond substituents is 2. The van der Waals surface area contributed by atoms with Crippen LogP contribution < -0.4 is 19.9 Å². The predicted molar refractivity (Wildman–Crippen MR) is 285 cm³/mol. The van der Waals surface area contributed by atoms with Gasteiger partial charge in [0.1, 0.15) is 55.4 Å². The monoisotopic (exact) mass is 1170 g/mol. The molecule has 412 valence electrons. The van der Waals surface area contributed by atoms with Crippen LogP contribution in [0.2, 0.25) is 0 Å². The number of benzene rings is 8. The standard InChI is InChI=1S/C48H37N9O19S4/c1-23-4-9-28(10-5-23)77(64,65)56-37-21-29(78(66,67)68)16-26-19-40(79(69,70)71)45(47(59)42(26)37)55-52-36-14-7-25(18-39(36)76-3)24-6-13-35(38(17-24)75-2)51-54-44-41(80(72,73)74)22-31-30(46(44)58)11-12-33(49)43(31)53-50-34-15-8-27(57(62)63)20-32(34)48(60)61/h4-22,56,58-59H,49H2,1-3H3,(H,60,61)(H,66,67,68)(H,69,70,71)(H,72,73,74). The maximum atomic E-state index is 13.5. The number of non-ortho nitro benzene ring substituents is 1. The lowest BCUT2D eigenvalue weighted by atomic mass is 10.0. The van der Waals surface area contributed by atoms with Crippen molar-refractivity contribution in [2.75, 3.05) is 24.7 Å². The number of methoxy groups -OCH3 is 2. The fourth-order valence-corrected chi connectivity index (χ4v) is 10.7. The van der Waals surface area contributed by atoms with Gasteiger partial charge in [-0.3, -0.25) is 28.5 Å². The second-order valence-corrected chi connectivity index (χ2v) is 22.7. The van der Waals surface area contributed by atoms with Gasteiger partial charge in [-0.05, 0) is 102 Å². The third kappa shape index (κ3) is 11.5. The Morgan fingerprint density at radius 3 is 1.64 bits per heavy atom. The van der Waals surface area contributed by atoms with Crippen LogP contribution in [0.25, 0.3) is 32.7 Å².